The molecule has 1 unspecified atom stereocenters. The van der Waals surface area contributed by atoms with Crippen LogP contribution in [0.3, 0.4) is 0 Å². The van der Waals surface area contributed by atoms with Crippen molar-refractivity contribution in [2.24, 2.45) is 0 Å². The van der Waals surface area contributed by atoms with Gasteiger partial charge in [-0.05, 0) is 114 Å². The van der Waals surface area contributed by atoms with Crippen molar-refractivity contribution in [3.05, 3.63) is 186 Å². The van der Waals surface area contributed by atoms with Crippen molar-refractivity contribution < 1.29 is 0 Å². The summed E-state index contributed by atoms with van der Waals surface area (Å²) in [5.74, 6) is 0.439. The average Bonchev–Trinajstić information content (AvgIpc) is 3.76. The molecule has 272 valence electrons. The Balaban J connectivity index is 1.22. The van der Waals surface area contributed by atoms with E-state index in [1.54, 1.807) is 6.07 Å². The van der Waals surface area contributed by atoms with Gasteiger partial charge in [0.05, 0.1) is 34.5 Å². The van der Waals surface area contributed by atoms with E-state index in [1.165, 1.54) is 55.5 Å². The van der Waals surface area contributed by atoms with Crippen LogP contribution in [0, 0.1) is 22.7 Å². The number of hydrogen-bond donors (Lipinski definition) is 0. The van der Waals surface area contributed by atoms with Gasteiger partial charge in [0, 0.05) is 27.5 Å². The molecule has 59 heavy (non-hydrogen) atoms. The minimum Gasteiger partial charge on any atom is -0.227 e. The van der Waals surface area contributed by atoms with Crippen molar-refractivity contribution in [2.75, 3.05) is 0 Å². The van der Waals surface area contributed by atoms with E-state index in [2.05, 4.69) is 134 Å². The summed E-state index contributed by atoms with van der Waals surface area (Å²) >= 11 is 0. The number of aromatic nitrogens is 2. The molecule has 1 aromatic heterocycles. The second kappa shape index (κ2) is 12.3. The minimum atomic E-state index is -0.137. The molecule has 9 aromatic rings. The van der Waals surface area contributed by atoms with Crippen LogP contribution in [0.5, 0.6) is 0 Å². The number of benzene rings is 8. The molecule has 1 heterocycles. The second-order valence-electron chi connectivity index (χ2n) is 16.0. The lowest BCUT2D eigenvalue weighted by molar-refractivity contribution is 0.591. The van der Waals surface area contributed by atoms with Gasteiger partial charge in [0.1, 0.15) is 0 Å². The number of rotatable bonds is 4. The first-order chi connectivity index (χ1) is 29.1. The summed E-state index contributed by atoms with van der Waals surface area (Å²) in [5.41, 5.74) is 19.4. The van der Waals surface area contributed by atoms with Crippen LogP contribution in [0.15, 0.2) is 158 Å². The summed E-state index contributed by atoms with van der Waals surface area (Å²) in [5, 5.41) is 24.0. The Morgan fingerprint density at radius 2 is 1.12 bits per heavy atom. The number of fused-ring (bicyclic) bond motifs is 7. The highest BCUT2D eigenvalue weighted by Gasteiger charge is 2.42. The molecule has 0 bridgehead atoms. The van der Waals surface area contributed by atoms with E-state index in [4.69, 9.17) is 9.97 Å². The van der Waals surface area contributed by atoms with Gasteiger partial charge in [-0.15, -0.1) is 0 Å². The van der Waals surface area contributed by atoms with Gasteiger partial charge in [0.25, 0.3) is 0 Å². The van der Waals surface area contributed by atoms with Gasteiger partial charge in [0.2, 0.25) is 0 Å². The van der Waals surface area contributed by atoms with Gasteiger partial charge >= 0.3 is 0 Å². The lowest BCUT2D eigenvalue weighted by Gasteiger charge is -2.31. The molecule has 0 radical (unpaired) electrons. The zero-order valence-electron chi connectivity index (χ0n) is 32.1. The molecule has 12 rings (SSSR count). The van der Waals surface area contributed by atoms with E-state index in [1.807, 2.05) is 42.5 Å². The fourth-order valence-electron chi connectivity index (χ4n) is 10.3. The molecule has 0 amide bonds. The third-order valence-electron chi connectivity index (χ3n) is 13.0. The maximum Gasteiger partial charge on any atom is 0.161 e. The lowest BCUT2D eigenvalue weighted by atomic mass is 9.71. The van der Waals surface area contributed by atoms with E-state index in [9.17, 15) is 10.5 Å². The van der Waals surface area contributed by atoms with Gasteiger partial charge in [-0.2, -0.15) is 10.5 Å². The molecule has 0 fully saturated rings. The van der Waals surface area contributed by atoms with Crippen LogP contribution < -0.4 is 0 Å². The van der Waals surface area contributed by atoms with Crippen molar-refractivity contribution >= 4 is 27.8 Å². The molecule has 0 saturated heterocycles. The Morgan fingerprint density at radius 3 is 1.90 bits per heavy atom. The molecular weight excluding hydrogens is 717 g/mol. The minimum absolute atomic E-state index is 0.137. The van der Waals surface area contributed by atoms with Crippen LogP contribution in [-0.4, -0.2) is 9.97 Å². The summed E-state index contributed by atoms with van der Waals surface area (Å²) in [6, 6.07) is 57.6. The van der Waals surface area contributed by atoms with Crippen LogP contribution in [-0.2, 0) is 5.41 Å². The topological polar surface area (TPSA) is 73.4 Å². The second-order valence-corrected chi connectivity index (χ2v) is 16.0. The molecule has 0 spiro atoms. The SMILES string of the molecule is CC12CC=Cc3c(-c4cc(-c5ccc6c7c(cccc57)-c5ccccc5-6)c5nc(-c6ccccc6C#N)nc(-c6ccccc6C#N)c5c4)ccc(c31)-c1ccccc12. The van der Waals surface area contributed by atoms with E-state index in [0.29, 0.717) is 28.2 Å². The number of allylic oxidation sites excluding steroid dienone is 1. The fourth-order valence-corrected chi connectivity index (χ4v) is 10.3. The molecule has 0 aliphatic heterocycles. The van der Waals surface area contributed by atoms with Crippen molar-refractivity contribution in [2.45, 2.75) is 18.8 Å². The Morgan fingerprint density at radius 1 is 0.508 bits per heavy atom. The number of hydrogen-bond acceptors (Lipinski definition) is 4. The summed E-state index contributed by atoms with van der Waals surface area (Å²) < 4.78 is 0. The van der Waals surface area contributed by atoms with Gasteiger partial charge in [-0.25, -0.2) is 9.97 Å². The maximum atomic E-state index is 10.5. The van der Waals surface area contributed by atoms with Crippen LogP contribution >= 0.6 is 0 Å². The Bertz CT molecular complexity index is 3440. The van der Waals surface area contributed by atoms with E-state index >= 15 is 0 Å². The normalized spacial score (nSPS) is 15.1. The van der Waals surface area contributed by atoms with E-state index in [0.717, 1.165) is 50.5 Å². The smallest absolute Gasteiger partial charge is 0.161 e. The fraction of sp³-hybridized carbons (Fsp3) is 0.0545. The molecule has 3 aliphatic rings. The van der Waals surface area contributed by atoms with Crippen LogP contribution in [0.4, 0.5) is 0 Å². The molecule has 4 nitrogen and oxygen atoms in total. The largest absolute Gasteiger partial charge is 0.227 e. The predicted molar refractivity (Wildman–Crippen MR) is 238 cm³/mol. The van der Waals surface area contributed by atoms with E-state index < -0.39 is 0 Å². The van der Waals surface area contributed by atoms with Gasteiger partial charge in [-0.1, -0.05) is 140 Å². The Labute approximate surface area is 341 Å². The maximum absolute atomic E-state index is 10.5. The van der Waals surface area contributed by atoms with Gasteiger partial charge < -0.3 is 0 Å². The highest BCUT2D eigenvalue weighted by molar-refractivity contribution is 6.20. The highest BCUT2D eigenvalue weighted by atomic mass is 14.9. The predicted octanol–water partition coefficient (Wildman–Crippen LogP) is 13.5. The summed E-state index contributed by atoms with van der Waals surface area (Å²) in [7, 11) is 0. The quantitative estimate of drug-likeness (QED) is 0.180. The molecule has 3 aliphatic carbocycles. The Hall–Kier alpha value is -7.92. The van der Waals surface area contributed by atoms with Crippen molar-refractivity contribution in [3.63, 3.8) is 0 Å². The zero-order chi connectivity index (χ0) is 39.4. The first-order valence-electron chi connectivity index (χ1n) is 20.0. The monoisotopic (exact) mass is 748 g/mol. The summed E-state index contributed by atoms with van der Waals surface area (Å²) in [4.78, 5) is 10.7. The standard InChI is InChI=1S/C55H32N4/c1-55-27-11-21-45-35(23-26-46(51(45)55)41-18-8-9-22-49(41)55)34-28-47(40-24-25-44-39-17-7-6-16-38(39)42-19-10-20-43(40)50(42)44)53-48(29-34)52(36-14-4-2-12-32(36)30-56)58-54(59-53)37-15-5-3-13-33(37)31-57/h2-26,28-29H,27H2,1H3. The lowest BCUT2D eigenvalue weighted by Crippen LogP contribution is -2.23. The third kappa shape index (κ3) is 4.57. The summed E-state index contributed by atoms with van der Waals surface area (Å²) in [6.45, 7) is 2.39. The third-order valence-corrected chi connectivity index (χ3v) is 13.0. The molecule has 4 heteroatoms. The molecule has 0 saturated carbocycles. The number of nitrogens with zero attached hydrogens (tertiary/aromatic N) is 4. The average molecular weight is 749 g/mol. The zero-order valence-corrected chi connectivity index (χ0v) is 32.1. The highest BCUT2D eigenvalue weighted by Crippen LogP contribution is 2.56. The first kappa shape index (κ1) is 33.2. The van der Waals surface area contributed by atoms with Crippen molar-refractivity contribution in [1.29, 1.82) is 10.5 Å². The first-order valence-corrected chi connectivity index (χ1v) is 20.0. The van der Waals surface area contributed by atoms with Crippen molar-refractivity contribution in [1.82, 2.24) is 9.97 Å². The van der Waals surface area contributed by atoms with Crippen LogP contribution in [0.2, 0.25) is 0 Å². The molecule has 8 aromatic carbocycles. The number of nitriles is 2. The van der Waals surface area contributed by atoms with Crippen LogP contribution in [0.25, 0.3) is 106 Å². The Kier molecular flexibility index (Phi) is 6.92. The molecule has 0 N–H and O–H groups in total. The van der Waals surface area contributed by atoms with Gasteiger partial charge in [0.15, 0.2) is 5.82 Å². The molecule has 1 atom stereocenters. The van der Waals surface area contributed by atoms with Gasteiger partial charge in [-0.3, -0.25) is 0 Å². The van der Waals surface area contributed by atoms with Crippen LogP contribution in [0.1, 0.15) is 41.2 Å². The van der Waals surface area contributed by atoms with Crippen molar-refractivity contribution in [3.8, 4) is 90.4 Å². The molecular formula is C55H32N4. The summed E-state index contributed by atoms with van der Waals surface area (Å²) in [6.07, 6.45) is 5.58. The van der Waals surface area contributed by atoms with E-state index in [-0.39, 0.29) is 5.41 Å².